The van der Waals surface area contributed by atoms with Gasteiger partial charge in [0.2, 0.25) is 0 Å². The molecule has 1 nitrogen and oxygen atoms in total. The van der Waals surface area contributed by atoms with Crippen LogP contribution >= 0.6 is 0 Å². The number of hydrogen-bond acceptors (Lipinski definition) is 1. The Hall–Kier alpha value is -1.37. The zero-order valence-corrected chi connectivity index (χ0v) is 11.5. The van der Waals surface area contributed by atoms with Gasteiger partial charge in [0.1, 0.15) is 0 Å². The maximum atomic E-state index is 11.8. The van der Waals surface area contributed by atoms with Crippen molar-refractivity contribution in [3.63, 3.8) is 0 Å². The van der Waals surface area contributed by atoms with E-state index in [1.807, 2.05) is 49.4 Å². The molecule has 0 radical (unpaired) electrons. The number of hydrogen-bond donors (Lipinski definition) is 0. The van der Waals surface area contributed by atoms with Crippen molar-refractivity contribution in [2.45, 2.75) is 11.7 Å². The van der Waals surface area contributed by atoms with Gasteiger partial charge in [-0.2, -0.15) is 0 Å². The normalized spacial score (nSPS) is 12.1. The molecule has 0 bridgehead atoms. The number of carbonyl (C=O) groups is 1. The summed E-state index contributed by atoms with van der Waals surface area (Å²) in [5.74, 6) is 0.171. The van der Waals surface area contributed by atoms with Crippen molar-refractivity contribution in [1.29, 1.82) is 0 Å². The van der Waals surface area contributed by atoms with E-state index >= 15 is 0 Å². The maximum absolute atomic E-state index is 11.8. The Bertz CT molecular complexity index is 500. The number of carbonyl (C=O) groups excluding carboxylic acids is 1. The van der Waals surface area contributed by atoms with Crippen LogP contribution in [-0.2, 0) is 0 Å². The second-order valence-electron chi connectivity index (χ2n) is 3.98. The molecule has 1 atom stereocenters. The molecule has 0 aliphatic carbocycles. The molecule has 86 valence electrons. The van der Waals surface area contributed by atoms with Gasteiger partial charge in [0.05, 0.1) is 0 Å². The third-order valence-electron chi connectivity index (χ3n) is 2.66. The average Bonchev–Trinajstić information content (AvgIpc) is 2.39. The number of rotatable bonds is 3. The van der Waals surface area contributed by atoms with Gasteiger partial charge >= 0.3 is 110 Å². The third-order valence-corrected chi connectivity index (χ3v) is 3.15. The SMILES string of the molecule is CC([SeH])C(=O)c1ccc(-c2ccccc2)cc1. The summed E-state index contributed by atoms with van der Waals surface area (Å²) in [6.45, 7) is 1.90. The second kappa shape index (κ2) is 5.31. The van der Waals surface area contributed by atoms with Crippen molar-refractivity contribution in [3.05, 3.63) is 60.2 Å². The predicted octanol–water partition coefficient (Wildman–Crippen LogP) is 3.25. The third kappa shape index (κ3) is 2.85. The van der Waals surface area contributed by atoms with Crippen LogP contribution in [0, 0.1) is 0 Å². The molecule has 0 aliphatic heterocycles. The van der Waals surface area contributed by atoms with Crippen LogP contribution in [0.3, 0.4) is 0 Å². The van der Waals surface area contributed by atoms with Crippen LogP contribution in [0.5, 0.6) is 0 Å². The van der Waals surface area contributed by atoms with Gasteiger partial charge in [-0.1, -0.05) is 0 Å². The molecule has 2 aromatic carbocycles. The van der Waals surface area contributed by atoms with Crippen molar-refractivity contribution in [3.8, 4) is 11.1 Å². The summed E-state index contributed by atoms with van der Waals surface area (Å²) in [5, 5.41) is 0. The van der Waals surface area contributed by atoms with E-state index in [4.69, 9.17) is 0 Å². The van der Waals surface area contributed by atoms with Gasteiger partial charge < -0.3 is 0 Å². The minimum atomic E-state index is -0.00919. The number of ketones is 1. The van der Waals surface area contributed by atoms with E-state index in [9.17, 15) is 4.79 Å². The van der Waals surface area contributed by atoms with Gasteiger partial charge in [-0.15, -0.1) is 0 Å². The predicted molar refractivity (Wildman–Crippen MR) is 72.8 cm³/mol. The van der Waals surface area contributed by atoms with E-state index in [2.05, 4.69) is 28.1 Å². The van der Waals surface area contributed by atoms with Gasteiger partial charge in [-0.05, 0) is 0 Å². The van der Waals surface area contributed by atoms with E-state index in [1.165, 1.54) is 5.56 Å². The molecular formula is C15H14OSe. The quantitative estimate of drug-likeness (QED) is 0.626. The molecule has 1 unspecified atom stereocenters. The number of Topliss-reactive ketones (excluding diaryl/α,β-unsaturated/α-hetero) is 1. The minimum absolute atomic E-state index is 0.00919. The fourth-order valence-electron chi connectivity index (χ4n) is 1.70. The summed E-state index contributed by atoms with van der Waals surface area (Å²) in [6.07, 6.45) is 0. The van der Waals surface area contributed by atoms with E-state index in [0.717, 1.165) is 11.1 Å². The molecular weight excluding hydrogens is 275 g/mol. The molecule has 0 saturated carbocycles. The zero-order valence-electron chi connectivity index (χ0n) is 9.63. The standard InChI is InChI=1S/C15H14OSe/c1-11(17)15(16)14-9-7-13(8-10-14)12-5-3-2-4-6-12/h2-11,17H,1H3. The second-order valence-corrected chi connectivity index (χ2v) is 5.61. The monoisotopic (exact) mass is 290 g/mol. The first-order valence-corrected chi connectivity index (χ1v) is 6.64. The van der Waals surface area contributed by atoms with Crippen LogP contribution in [-0.4, -0.2) is 21.8 Å². The molecule has 2 heteroatoms. The van der Waals surface area contributed by atoms with Gasteiger partial charge in [0.25, 0.3) is 0 Å². The summed E-state index contributed by atoms with van der Waals surface area (Å²) >= 11 is 2.38. The van der Waals surface area contributed by atoms with E-state index < -0.39 is 0 Å². The van der Waals surface area contributed by atoms with E-state index in [-0.39, 0.29) is 10.6 Å². The summed E-state index contributed by atoms with van der Waals surface area (Å²) in [4.78, 5) is 11.8. The topological polar surface area (TPSA) is 17.1 Å². The zero-order chi connectivity index (χ0) is 12.3. The van der Waals surface area contributed by atoms with Crippen molar-refractivity contribution >= 4 is 21.8 Å². The van der Waals surface area contributed by atoms with Gasteiger partial charge in [0, 0.05) is 0 Å². The molecule has 0 aliphatic rings. The molecule has 17 heavy (non-hydrogen) atoms. The summed E-state index contributed by atoms with van der Waals surface area (Å²) < 4.78 is 0. The summed E-state index contributed by atoms with van der Waals surface area (Å²) in [7, 11) is 0. The fraction of sp³-hybridized carbons (Fsp3) is 0.133. The molecule has 2 aromatic rings. The molecule has 0 spiro atoms. The Morgan fingerprint density at radius 1 is 0.941 bits per heavy atom. The Balaban J connectivity index is 2.28. The van der Waals surface area contributed by atoms with Gasteiger partial charge in [-0.25, -0.2) is 0 Å². The molecule has 0 fully saturated rings. The van der Waals surface area contributed by atoms with E-state index in [1.54, 1.807) is 0 Å². The average molecular weight is 289 g/mol. The van der Waals surface area contributed by atoms with Gasteiger partial charge in [-0.3, -0.25) is 0 Å². The fourth-order valence-corrected chi connectivity index (χ4v) is 2.01. The van der Waals surface area contributed by atoms with Crippen LogP contribution in [0.2, 0.25) is 4.82 Å². The first-order chi connectivity index (χ1) is 8.18. The Kier molecular flexibility index (Phi) is 3.78. The van der Waals surface area contributed by atoms with Crippen molar-refractivity contribution in [2.75, 3.05) is 0 Å². The summed E-state index contributed by atoms with van der Waals surface area (Å²) in [5.41, 5.74) is 3.09. The van der Waals surface area contributed by atoms with Crippen LogP contribution < -0.4 is 0 Å². The van der Waals surface area contributed by atoms with Crippen molar-refractivity contribution in [2.24, 2.45) is 0 Å². The van der Waals surface area contributed by atoms with Gasteiger partial charge in [0.15, 0.2) is 0 Å². The molecule has 0 N–H and O–H groups in total. The molecule has 0 aromatic heterocycles. The first-order valence-electron chi connectivity index (χ1n) is 5.56. The summed E-state index contributed by atoms with van der Waals surface area (Å²) in [6, 6.07) is 17.9. The van der Waals surface area contributed by atoms with Crippen molar-refractivity contribution in [1.82, 2.24) is 0 Å². The van der Waals surface area contributed by atoms with Crippen LogP contribution in [0.4, 0.5) is 0 Å². The van der Waals surface area contributed by atoms with Crippen molar-refractivity contribution < 1.29 is 4.79 Å². The number of benzene rings is 2. The molecule has 2 rings (SSSR count). The Labute approximate surface area is 110 Å². The Morgan fingerprint density at radius 2 is 1.47 bits per heavy atom. The molecule has 0 amide bonds. The van der Waals surface area contributed by atoms with E-state index in [0.29, 0.717) is 0 Å². The van der Waals surface area contributed by atoms with Crippen LogP contribution in [0.25, 0.3) is 11.1 Å². The molecule has 0 heterocycles. The first kappa shape index (κ1) is 12.1. The van der Waals surface area contributed by atoms with Crippen LogP contribution in [0.1, 0.15) is 17.3 Å². The van der Waals surface area contributed by atoms with Crippen LogP contribution in [0.15, 0.2) is 54.6 Å². The Morgan fingerprint density at radius 3 is 2.00 bits per heavy atom. The molecule has 0 saturated heterocycles.